The van der Waals surface area contributed by atoms with Gasteiger partial charge in [0.15, 0.2) is 0 Å². The van der Waals surface area contributed by atoms with Crippen LogP contribution < -0.4 is 5.32 Å². The van der Waals surface area contributed by atoms with E-state index in [-0.39, 0.29) is 11.4 Å². The first-order valence-corrected chi connectivity index (χ1v) is 8.11. The predicted molar refractivity (Wildman–Crippen MR) is 86.1 cm³/mol. The van der Waals surface area contributed by atoms with Gasteiger partial charge in [0.05, 0.1) is 0 Å². The van der Waals surface area contributed by atoms with Crippen molar-refractivity contribution in [2.24, 2.45) is 0 Å². The topological polar surface area (TPSA) is 37.3 Å². The molecule has 2 rings (SSSR count). The molecule has 0 aliphatic carbocycles. The van der Waals surface area contributed by atoms with Gasteiger partial charge in [0, 0.05) is 37.6 Å². The summed E-state index contributed by atoms with van der Waals surface area (Å²) in [7, 11) is 0. The van der Waals surface area contributed by atoms with E-state index < -0.39 is 0 Å². The van der Waals surface area contributed by atoms with E-state index in [0.29, 0.717) is 6.54 Å². The van der Waals surface area contributed by atoms with E-state index in [2.05, 4.69) is 38.4 Å². The van der Waals surface area contributed by atoms with Gasteiger partial charge in [0.1, 0.15) is 6.54 Å². The normalized spacial score (nSPS) is 16.8. The summed E-state index contributed by atoms with van der Waals surface area (Å²) >= 11 is 0. The smallest absolute Gasteiger partial charge is 0.242 e. The van der Waals surface area contributed by atoms with Crippen LogP contribution in [0.25, 0.3) is 0 Å². The first-order chi connectivity index (χ1) is 9.94. The maximum absolute atomic E-state index is 12.3. The quantitative estimate of drug-likeness (QED) is 0.926. The van der Waals surface area contributed by atoms with Gasteiger partial charge in [-0.1, -0.05) is 12.8 Å². The summed E-state index contributed by atoms with van der Waals surface area (Å²) in [6, 6.07) is 2.09. The van der Waals surface area contributed by atoms with Gasteiger partial charge in [-0.3, -0.25) is 4.79 Å². The average molecular weight is 291 g/mol. The van der Waals surface area contributed by atoms with Crippen LogP contribution in [0.4, 0.5) is 0 Å². The summed E-state index contributed by atoms with van der Waals surface area (Å²) in [5.41, 5.74) is 1.35. The number of carbonyl (C=O) groups is 1. The zero-order valence-electron chi connectivity index (χ0n) is 13.7. The summed E-state index contributed by atoms with van der Waals surface area (Å²) in [4.78, 5) is 14.4. The van der Waals surface area contributed by atoms with Crippen LogP contribution in [0.1, 0.15) is 52.0 Å². The molecule has 1 aromatic heterocycles. The Morgan fingerprint density at radius 1 is 1.19 bits per heavy atom. The molecular weight excluding hydrogens is 262 g/mol. The molecule has 0 radical (unpaired) electrons. The van der Waals surface area contributed by atoms with Crippen molar-refractivity contribution in [3.05, 3.63) is 24.0 Å². The SMILES string of the molecule is CC(C)(C)NCc1ccn(CC(=O)N2CCCCCC2)c1. The molecular formula is C17H29N3O. The number of amides is 1. The molecule has 1 aliphatic rings. The summed E-state index contributed by atoms with van der Waals surface area (Å²) in [6.45, 7) is 9.65. The zero-order valence-corrected chi connectivity index (χ0v) is 13.7. The van der Waals surface area contributed by atoms with Crippen LogP contribution in [-0.4, -0.2) is 34.0 Å². The number of nitrogens with zero attached hydrogens (tertiary/aromatic N) is 2. The molecule has 1 aliphatic heterocycles. The third kappa shape index (κ3) is 5.54. The lowest BCUT2D eigenvalue weighted by molar-refractivity contribution is -0.131. The Morgan fingerprint density at radius 3 is 2.48 bits per heavy atom. The van der Waals surface area contributed by atoms with Crippen LogP contribution in [0.15, 0.2) is 18.5 Å². The van der Waals surface area contributed by atoms with Gasteiger partial charge < -0.3 is 14.8 Å². The van der Waals surface area contributed by atoms with E-state index in [4.69, 9.17) is 0 Å². The zero-order chi connectivity index (χ0) is 15.3. The van der Waals surface area contributed by atoms with Crippen molar-refractivity contribution >= 4 is 5.91 Å². The van der Waals surface area contributed by atoms with Crippen LogP contribution >= 0.6 is 0 Å². The van der Waals surface area contributed by atoms with E-state index in [1.807, 2.05) is 15.7 Å². The lowest BCUT2D eigenvalue weighted by Gasteiger charge is -2.21. The Labute approximate surface area is 128 Å². The van der Waals surface area contributed by atoms with E-state index >= 15 is 0 Å². The molecule has 0 atom stereocenters. The van der Waals surface area contributed by atoms with Crippen molar-refractivity contribution in [3.63, 3.8) is 0 Å². The first kappa shape index (κ1) is 16.1. The molecule has 0 saturated carbocycles. The van der Waals surface area contributed by atoms with Crippen LogP contribution in [0.5, 0.6) is 0 Å². The maximum Gasteiger partial charge on any atom is 0.242 e. The highest BCUT2D eigenvalue weighted by molar-refractivity contribution is 5.76. The second-order valence-electron chi connectivity index (χ2n) is 7.09. The molecule has 2 heterocycles. The van der Waals surface area contributed by atoms with Crippen molar-refractivity contribution in [1.82, 2.24) is 14.8 Å². The lowest BCUT2D eigenvalue weighted by atomic mass is 10.1. The molecule has 0 bridgehead atoms. The molecule has 1 fully saturated rings. The highest BCUT2D eigenvalue weighted by atomic mass is 16.2. The molecule has 1 amide bonds. The number of likely N-dealkylation sites (tertiary alicyclic amines) is 1. The third-order valence-electron chi connectivity index (χ3n) is 3.91. The fourth-order valence-electron chi connectivity index (χ4n) is 2.64. The molecule has 1 aromatic rings. The van der Waals surface area contributed by atoms with Crippen molar-refractivity contribution in [1.29, 1.82) is 0 Å². The van der Waals surface area contributed by atoms with Crippen LogP contribution in [0, 0.1) is 0 Å². The van der Waals surface area contributed by atoms with Crippen molar-refractivity contribution in [2.75, 3.05) is 13.1 Å². The van der Waals surface area contributed by atoms with E-state index in [1.54, 1.807) is 0 Å². The van der Waals surface area contributed by atoms with Gasteiger partial charge in [-0.15, -0.1) is 0 Å². The van der Waals surface area contributed by atoms with E-state index in [1.165, 1.54) is 18.4 Å². The molecule has 1 saturated heterocycles. The van der Waals surface area contributed by atoms with Gasteiger partial charge in [0.25, 0.3) is 0 Å². The van der Waals surface area contributed by atoms with E-state index in [9.17, 15) is 4.79 Å². The third-order valence-corrected chi connectivity index (χ3v) is 3.91. The van der Waals surface area contributed by atoms with Crippen LogP contribution in [0.2, 0.25) is 0 Å². The number of nitrogens with one attached hydrogen (secondary N) is 1. The van der Waals surface area contributed by atoms with Gasteiger partial charge in [-0.25, -0.2) is 0 Å². The van der Waals surface area contributed by atoms with Gasteiger partial charge in [-0.2, -0.15) is 0 Å². The highest BCUT2D eigenvalue weighted by Crippen LogP contribution is 2.11. The Bertz CT molecular complexity index is 451. The Balaban J connectivity index is 1.85. The second-order valence-corrected chi connectivity index (χ2v) is 7.09. The molecule has 21 heavy (non-hydrogen) atoms. The Kier molecular flexibility index (Phi) is 5.45. The number of hydrogen-bond donors (Lipinski definition) is 1. The van der Waals surface area contributed by atoms with Crippen molar-refractivity contribution in [3.8, 4) is 0 Å². The van der Waals surface area contributed by atoms with Gasteiger partial charge in [0.2, 0.25) is 5.91 Å². The predicted octanol–water partition coefficient (Wildman–Crippen LogP) is 2.78. The number of carbonyl (C=O) groups excluding carboxylic acids is 1. The summed E-state index contributed by atoms with van der Waals surface area (Å²) < 4.78 is 2.01. The summed E-state index contributed by atoms with van der Waals surface area (Å²) in [5, 5.41) is 3.47. The van der Waals surface area contributed by atoms with Crippen LogP contribution in [-0.2, 0) is 17.9 Å². The largest absolute Gasteiger partial charge is 0.345 e. The highest BCUT2D eigenvalue weighted by Gasteiger charge is 2.16. The van der Waals surface area contributed by atoms with Crippen molar-refractivity contribution in [2.45, 2.75) is 65.1 Å². The van der Waals surface area contributed by atoms with Crippen LogP contribution in [0.3, 0.4) is 0 Å². The molecule has 1 N–H and O–H groups in total. The number of rotatable bonds is 4. The first-order valence-electron chi connectivity index (χ1n) is 8.11. The molecule has 0 spiro atoms. The molecule has 4 nitrogen and oxygen atoms in total. The minimum atomic E-state index is 0.115. The Hall–Kier alpha value is -1.29. The Morgan fingerprint density at radius 2 is 1.86 bits per heavy atom. The lowest BCUT2D eigenvalue weighted by Crippen LogP contribution is -2.35. The second kappa shape index (κ2) is 7.12. The summed E-state index contributed by atoms with van der Waals surface area (Å²) in [6.07, 6.45) is 8.91. The van der Waals surface area contributed by atoms with E-state index in [0.717, 1.165) is 32.5 Å². The summed E-state index contributed by atoms with van der Waals surface area (Å²) in [5.74, 6) is 0.253. The number of hydrogen-bond acceptors (Lipinski definition) is 2. The fraction of sp³-hybridized carbons (Fsp3) is 0.706. The average Bonchev–Trinajstić information content (AvgIpc) is 2.68. The van der Waals surface area contributed by atoms with Crippen molar-refractivity contribution < 1.29 is 4.79 Å². The fourth-order valence-corrected chi connectivity index (χ4v) is 2.64. The monoisotopic (exact) mass is 291 g/mol. The molecule has 4 heteroatoms. The van der Waals surface area contributed by atoms with Gasteiger partial charge in [-0.05, 0) is 45.2 Å². The molecule has 0 unspecified atom stereocenters. The number of aromatic nitrogens is 1. The van der Waals surface area contributed by atoms with Gasteiger partial charge >= 0.3 is 0 Å². The minimum Gasteiger partial charge on any atom is -0.345 e. The maximum atomic E-state index is 12.3. The standard InChI is InChI=1S/C17H29N3O/c1-17(2,3)18-12-15-8-11-19(13-15)14-16(21)20-9-6-4-5-7-10-20/h8,11,13,18H,4-7,9-10,12,14H2,1-3H3. The molecule has 0 aromatic carbocycles. The molecule has 118 valence electrons. The minimum absolute atomic E-state index is 0.115.